The van der Waals surface area contributed by atoms with Crippen LogP contribution in [0, 0.1) is 6.92 Å². The monoisotopic (exact) mass is 346 g/mol. The van der Waals surface area contributed by atoms with E-state index in [-0.39, 0.29) is 18.2 Å². The molecule has 2 N–H and O–H groups in total. The number of amides is 1. The number of rotatable bonds is 8. The largest absolute Gasteiger partial charge is 0.355 e. The molecular weight excluding hydrogens is 324 g/mol. The molecule has 5 nitrogen and oxygen atoms in total. The predicted molar refractivity (Wildman–Crippen MR) is 96.4 cm³/mol. The number of benzene rings is 2. The van der Waals surface area contributed by atoms with Gasteiger partial charge in [0.05, 0.1) is 5.75 Å². The lowest BCUT2D eigenvalue weighted by molar-refractivity contribution is -0.120. The predicted octanol–water partition coefficient (Wildman–Crippen LogP) is 2.49. The van der Waals surface area contributed by atoms with Crippen LogP contribution in [0.15, 0.2) is 54.6 Å². The second-order valence-corrected chi connectivity index (χ2v) is 7.41. The zero-order chi connectivity index (χ0) is 17.4. The SMILES string of the molecule is Cc1ccccc1CCC(=O)NCCS(=O)(=O)Nc1ccccc1. The average Bonchev–Trinajstić information content (AvgIpc) is 2.54. The van der Waals surface area contributed by atoms with Gasteiger partial charge >= 0.3 is 0 Å². The van der Waals surface area contributed by atoms with E-state index in [2.05, 4.69) is 10.0 Å². The molecule has 0 unspecified atom stereocenters. The molecule has 0 spiro atoms. The van der Waals surface area contributed by atoms with Crippen LogP contribution < -0.4 is 10.0 Å². The molecule has 0 fully saturated rings. The van der Waals surface area contributed by atoms with Gasteiger partial charge in [-0.2, -0.15) is 0 Å². The van der Waals surface area contributed by atoms with E-state index in [9.17, 15) is 13.2 Å². The van der Waals surface area contributed by atoms with Crippen molar-refractivity contribution in [3.05, 3.63) is 65.7 Å². The first-order valence-corrected chi connectivity index (χ1v) is 9.48. The molecule has 0 saturated carbocycles. The van der Waals surface area contributed by atoms with Crippen LogP contribution in [0.2, 0.25) is 0 Å². The second kappa shape index (κ2) is 8.49. The fourth-order valence-electron chi connectivity index (χ4n) is 2.29. The van der Waals surface area contributed by atoms with Crippen molar-refractivity contribution >= 4 is 21.6 Å². The number of carbonyl (C=O) groups excluding carboxylic acids is 1. The summed E-state index contributed by atoms with van der Waals surface area (Å²) >= 11 is 0. The molecule has 24 heavy (non-hydrogen) atoms. The summed E-state index contributed by atoms with van der Waals surface area (Å²) in [6.45, 7) is 2.10. The topological polar surface area (TPSA) is 75.3 Å². The molecule has 2 aromatic rings. The maximum Gasteiger partial charge on any atom is 0.234 e. The standard InChI is InChI=1S/C18H22N2O3S/c1-15-7-5-6-8-16(15)11-12-18(21)19-13-14-24(22,23)20-17-9-3-2-4-10-17/h2-10,20H,11-14H2,1H3,(H,19,21). The van der Waals surface area contributed by atoms with E-state index >= 15 is 0 Å². The highest BCUT2D eigenvalue weighted by Crippen LogP contribution is 2.09. The smallest absolute Gasteiger partial charge is 0.234 e. The zero-order valence-electron chi connectivity index (χ0n) is 13.7. The third kappa shape index (κ3) is 6.04. The minimum absolute atomic E-state index is 0.0920. The molecule has 0 aliphatic carbocycles. The lowest BCUT2D eigenvalue weighted by atomic mass is 10.0. The Hall–Kier alpha value is -2.34. The number of anilines is 1. The van der Waals surface area contributed by atoms with Crippen LogP contribution in [-0.2, 0) is 21.2 Å². The van der Waals surface area contributed by atoms with Crippen molar-refractivity contribution in [1.82, 2.24) is 5.32 Å². The summed E-state index contributed by atoms with van der Waals surface area (Å²) in [5.41, 5.74) is 2.80. The zero-order valence-corrected chi connectivity index (χ0v) is 14.5. The first kappa shape index (κ1) is 18.0. The number of hydrogen-bond donors (Lipinski definition) is 2. The van der Waals surface area contributed by atoms with Gasteiger partial charge in [0.1, 0.15) is 0 Å². The summed E-state index contributed by atoms with van der Waals surface area (Å²) in [6, 6.07) is 16.6. The number of aryl methyl sites for hydroxylation is 2. The van der Waals surface area contributed by atoms with Gasteiger partial charge in [0.15, 0.2) is 0 Å². The maximum atomic E-state index is 11.9. The summed E-state index contributed by atoms with van der Waals surface area (Å²) < 4.78 is 26.4. The third-order valence-electron chi connectivity index (χ3n) is 3.62. The Kier molecular flexibility index (Phi) is 6.37. The Morgan fingerprint density at radius 1 is 1.00 bits per heavy atom. The quantitative estimate of drug-likeness (QED) is 0.771. The summed E-state index contributed by atoms with van der Waals surface area (Å²) in [4.78, 5) is 11.8. The Morgan fingerprint density at radius 2 is 1.67 bits per heavy atom. The van der Waals surface area contributed by atoms with Crippen LogP contribution in [0.4, 0.5) is 5.69 Å². The van der Waals surface area contributed by atoms with Crippen molar-refractivity contribution in [3.63, 3.8) is 0 Å². The number of sulfonamides is 1. The Balaban J connectivity index is 1.73. The van der Waals surface area contributed by atoms with Crippen LogP contribution in [0.5, 0.6) is 0 Å². The summed E-state index contributed by atoms with van der Waals surface area (Å²) in [6.07, 6.45) is 0.991. The highest BCUT2D eigenvalue weighted by molar-refractivity contribution is 7.92. The van der Waals surface area contributed by atoms with Crippen molar-refractivity contribution in [2.75, 3.05) is 17.0 Å². The lowest BCUT2D eigenvalue weighted by Gasteiger charge is -2.09. The van der Waals surface area contributed by atoms with Crippen molar-refractivity contribution in [3.8, 4) is 0 Å². The second-order valence-electron chi connectivity index (χ2n) is 5.56. The van der Waals surface area contributed by atoms with Crippen molar-refractivity contribution < 1.29 is 13.2 Å². The molecule has 0 aliphatic rings. The van der Waals surface area contributed by atoms with Crippen LogP contribution in [0.25, 0.3) is 0 Å². The van der Waals surface area contributed by atoms with Gasteiger partial charge in [-0.1, -0.05) is 42.5 Å². The van der Waals surface area contributed by atoms with Gasteiger partial charge in [0.2, 0.25) is 15.9 Å². The molecule has 0 aromatic heterocycles. The van der Waals surface area contributed by atoms with Gasteiger partial charge in [-0.05, 0) is 36.6 Å². The van der Waals surface area contributed by atoms with Gasteiger partial charge in [0, 0.05) is 18.7 Å². The van der Waals surface area contributed by atoms with E-state index in [1.54, 1.807) is 24.3 Å². The Morgan fingerprint density at radius 3 is 2.38 bits per heavy atom. The van der Waals surface area contributed by atoms with Crippen molar-refractivity contribution in [1.29, 1.82) is 0 Å². The summed E-state index contributed by atoms with van der Waals surface area (Å²) in [5, 5.41) is 2.66. The molecule has 0 heterocycles. The fourth-order valence-corrected chi connectivity index (χ4v) is 3.26. The van der Waals surface area contributed by atoms with Gasteiger partial charge in [-0.3, -0.25) is 9.52 Å². The normalized spacial score (nSPS) is 11.0. The summed E-state index contributed by atoms with van der Waals surface area (Å²) in [5.74, 6) is -0.300. The molecular formula is C18H22N2O3S. The van der Waals surface area contributed by atoms with E-state index in [1.807, 2.05) is 37.3 Å². The molecule has 0 radical (unpaired) electrons. The van der Waals surface area contributed by atoms with Gasteiger partial charge < -0.3 is 5.32 Å². The molecule has 0 bridgehead atoms. The van der Waals surface area contributed by atoms with E-state index < -0.39 is 10.0 Å². The van der Waals surface area contributed by atoms with Gasteiger partial charge in [0.25, 0.3) is 0 Å². The number of carbonyl (C=O) groups is 1. The molecule has 128 valence electrons. The number of para-hydroxylation sites is 1. The van der Waals surface area contributed by atoms with E-state index in [4.69, 9.17) is 0 Å². The highest BCUT2D eigenvalue weighted by atomic mass is 32.2. The lowest BCUT2D eigenvalue weighted by Crippen LogP contribution is -2.31. The van der Waals surface area contributed by atoms with E-state index in [1.165, 1.54) is 0 Å². The molecule has 1 amide bonds. The maximum absolute atomic E-state index is 11.9. The van der Waals surface area contributed by atoms with Crippen molar-refractivity contribution in [2.24, 2.45) is 0 Å². The van der Waals surface area contributed by atoms with E-state index in [0.717, 1.165) is 11.1 Å². The minimum Gasteiger partial charge on any atom is -0.355 e. The minimum atomic E-state index is -3.47. The molecule has 0 aliphatic heterocycles. The Bertz CT molecular complexity index is 774. The first-order chi connectivity index (χ1) is 11.5. The average molecular weight is 346 g/mol. The molecule has 2 aromatic carbocycles. The number of nitrogens with one attached hydrogen (secondary N) is 2. The third-order valence-corrected chi connectivity index (χ3v) is 4.91. The van der Waals surface area contributed by atoms with Crippen LogP contribution in [-0.4, -0.2) is 26.6 Å². The van der Waals surface area contributed by atoms with Crippen LogP contribution in [0.3, 0.4) is 0 Å². The molecule has 6 heteroatoms. The van der Waals surface area contributed by atoms with Gasteiger partial charge in [-0.15, -0.1) is 0 Å². The van der Waals surface area contributed by atoms with Crippen molar-refractivity contribution in [2.45, 2.75) is 19.8 Å². The molecule has 0 saturated heterocycles. The van der Waals surface area contributed by atoms with Gasteiger partial charge in [-0.25, -0.2) is 8.42 Å². The molecule has 0 atom stereocenters. The first-order valence-electron chi connectivity index (χ1n) is 7.83. The van der Waals surface area contributed by atoms with Crippen LogP contribution in [0.1, 0.15) is 17.5 Å². The highest BCUT2D eigenvalue weighted by Gasteiger charge is 2.11. The molecule has 2 rings (SSSR count). The Labute approximate surface area is 143 Å². The van der Waals surface area contributed by atoms with Crippen LogP contribution >= 0.6 is 0 Å². The van der Waals surface area contributed by atoms with E-state index in [0.29, 0.717) is 18.5 Å². The number of hydrogen-bond acceptors (Lipinski definition) is 3. The fraction of sp³-hybridized carbons (Fsp3) is 0.278. The summed E-state index contributed by atoms with van der Waals surface area (Å²) in [7, 11) is -3.47.